The number of halogens is 1. The Hall–Kier alpha value is -0.810. The number of aliphatic hydroxyl groups excluding tert-OH is 1. The van der Waals surface area contributed by atoms with Crippen LogP contribution < -0.4 is 10.1 Å². The van der Waals surface area contributed by atoms with E-state index in [1.807, 2.05) is 18.2 Å². The number of nitrogens with zero attached hydrogens (tertiary/aromatic N) is 1. The predicted octanol–water partition coefficient (Wildman–Crippen LogP) is 1.68. The summed E-state index contributed by atoms with van der Waals surface area (Å²) in [6, 6.07) is 5.49. The van der Waals surface area contributed by atoms with Gasteiger partial charge in [-0.1, -0.05) is 17.7 Å². The van der Waals surface area contributed by atoms with Gasteiger partial charge in [0.25, 0.3) is 0 Å². The highest BCUT2D eigenvalue weighted by Crippen LogP contribution is 2.35. The van der Waals surface area contributed by atoms with E-state index in [2.05, 4.69) is 10.2 Å². The lowest BCUT2D eigenvalue weighted by molar-refractivity contribution is 0.127. The van der Waals surface area contributed by atoms with Gasteiger partial charge in [-0.2, -0.15) is 0 Å². The third-order valence-corrected chi connectivity index (χ3v) is 3.88. The molecular weight excluding hydrogens is 264 g/mol. The van der Waals surface area contributed by atoms with Crippen LogP contribution in [0.15, 0.2) is 18.2 Å². The Labute approximate surface area is 119 Å². The van der Waals surface area contributed by atoms with Gasteiger partial charge in [0, 0.05) is 30.2 Å². The normalized spacial score (nSPS) is 18.9. The second kappa shape index (κ2) is 7.10. The van der Waals surface area contributed by atoms with Gasteiger partial charge in [0.2, 0.25) is 0 Å². The first-order chi connectivity index (χ1) is 9.27. The van der Waals surface area contributed by atoms with Crippen molar-refractivity contribution in [1.82, 2.24) is 10.2 Å². The van der Waals surface area contributed by atoms with E-state index in [4.69, 9.17) is 16.3 Å². The van der Waals surface area contributed by atoms with Crippen molar-refractivity contribution in [3.8, 4) is 5.75 Å². The Balaban J connectivity index is 2.30. The quantitative estimate of drug-likeness (QED) is 0.883. The number of benzene rings is 1. The van der Waals surface area contributed by atoms with E-state index < -0.39 is 0 Å². The highest BCUT2D eigenvalue weighted by molar-refractivity contribution is 6.31. The molecule has 19 heavy (non-hydrogen) atoms. The Morgan fingerprint density at radius 3 is 3.00 bits per heavy atom. The number of aliphatic hydroxyl groups is 1. The Kier molecular flexibility index (Phi) is 5.45. The first-order valence-corrected chi connectivity index (χ1v) is 7.03. The summed E-state index contributed by atoms with van der Waals surface area (Å²) >= 11 is 6.31. The highest BCUT2D eigenvalue weighted by atomic mass is 35.5. The molecule has 1 unspecified atom stereocenters. The fraction of sp³-hybridized carbons (Fsp3) is 0.571. The van der Waals surface area contributed by atoms with Crippen molar-refractivity contribution >= 4 is 11.6 Å². The van der Waals surface area contributed by atoms with E-state index in [-0.39, 0.29) is 12.6 Å². The average Bonchev–Trinajstić information content (AvgIpc) is 2.70. The number of nitrogens with one attached hydrogen (secondary N) is 1. The molecule has 1 atom stereocenters. The maximum Gasteiger partial charge on any atom is 0.125 e. The third-order valence-electron chi connectivity index (χ3n) is 3.55. The van der Waals surface area contributed by atoms with Crippen LogP contribution >= 0.6 is 11.6 Å². The van der Waals surface area contributed by atoms with Crippen molar-refractivity contribution in [2.75, 3.05) is 39.9 Å². The van der Waals surface area contributed by atoms with Crippen LogP contribution in [0.25, 0.3) is 0 Å². The van der Waals surface area contributed by atoms with Gasteiger partial charge < -0.3 is 15.2 Å². The van der Waals surface area contributed by atoms with Crippen molar-refractivity contribution < 1.29 is 9.84 Å². The number of methoxy groups -OCH3 is 1. The van der Waals surface area contributed by atoms with Gasteiger partial charge in [-0.3, -0.25) is 4.90 Å². The van der Waals surface area contributed by atoms with Crippen molar-refractivity contribution in [2.24, 2.45) is 0 Å². The van der Waals surface area contributed by atoms with Gasteiger partial charge in [-0.05, 0) is 25.1 Å². The number of rotatable bonds is 4. The molecule has 0 aliphatic carbocycles. The Bertz CT molecular complexity index is 406. The van der Waals surface area contributed by atoms with E-state index in [1.165, 1.54) is 0 Å². The smallest absolute Gasteiger partial charge is 0.125 e. The molecule has 4 nitrogen and oxygen atoms in total. The maximum absolute atomic E-state index is 9.79. The first-order valence-electron chi connectivity index (χ1n) is 6.66. The van der Waals surface area contributed by atoms with Crippen LogP contribution in [0, 0.1) is 0 Å². The van der Waals surface area contributed by atoms with Crippen molar-refractivity contribution in [1.29, 1.82) is 0 Å². The first kappa shape index (κ1) is 14.6. The van der Waals surface area contributed by atoms with Crippen LogP contribution in [0.4, 0.5) is 0 Å². The van der Waals surface area contributed by atoms with Crippen molar-refractivity contribution in [3.63, 3.8) is 0 Å². The topological polar surface area (TPSA) is 44.7 Å². The average molecular weight is 285 g/mol. The summed E-state index contributed by atoms with van der Waals surface area (Å²) in [5.41, 5.74) is 0.885. The lowest BCUT2D eigenvalue weighted by atomic mass is 10.0. The van der Waals surface area contributed by atoms with Crippen LogP contribution in [0.2, 0.25) is 5.02 Å². The summed E-state index contributed by atoms with van der Waals surface area (Å²) in [5, 5.41) is 13.8. The van der Waals surface area contributed by atoms with Gasteiger partial charge in [0.1, 0.15) is 5.75 Å². The Morgan fingerprint density at radius 2 is 2.26 bits per heavy atom. The maximum atomic E-state index is 9.79. The largest absolute Gasteiger partial charge is 0.496 e. The second-order valence-corrected chi connectivity index (χ2v) is 5.10. The molecule has 1 fully saturated rings. The molecule has 0 radical (unpaired) electrons. The van der Waals surface area contributed by atoms with Gasteiger partial charge in [0.15, 0.2) is 0 Å². The highest BCUT2D eigenvalue weighted by Gasteiger charge is 2.25. The van der Waals surface area contributed by atoms with E-state index in [0.29, 0.717) is 5.02 Å². The van der Waals surface area contributed by atoms with E-state index in [9.17, 15) is 5.11 Å². The molecule has 1 saturated heterocycles. The summed E-state index contributed by atoms with van der Waals surface area (Å²) in [7, 11) is 1.63. The molecule has 106 valence electrons. The number of ether oxygens (including phenoxy) is 1. The van der Waals surface area contributed by atoms with Gasteiger partial charge in [-0.25, -0.2) is 0 Å². The zero-order chi connectivity index (χ0) is 13.7. The summed E-state index contributed by atoms with van der Waals surface area (Å²) in [6.07, 6.45) is 1.07. The van der Waals surface area contributed by atoms with Crippen LogP contribution in [0.1, 0.15) is 18.0 Å². The molecule has 1 aliphatic rings. The summed E-state index contributed by atoms with van der Waals surface area (Å²) < 4.78 is 5.39. The lowest BCUT2D eigenvalue weighted by Gasteiger charge is -2.30. The second-order valence-electron chi connectivity index (χ2n) is 4.69. The van der Waals surface area contributed by atoms with E-state index >= 15 is 0 Å². The molecule has 1 aliphatic heterocycles. The SMILES string of the molecule is COc1cccc(Cl)c1C(CO)N1CCCNCC1. The van der Waals surface area contributed by atoms with Gasteiger partial charge >= 0.3 is 0 Å². The predicted molar refractivity (Wildman–Crippen MR) is 76.9 cm³/mol. The van der Waals surface area contributed by atoms with Crippen LogP contribution in [0.5, 0.6) is 5.75 Å². The van der Waals surface area contributed by atoms with Crippen LogP contribution in [0.3, 0.4) is 0 Å². The molecule has 0 amide bonds. The zero-order valence-electron chi connectivity index (χ0n) is 11.2. The van der Waals surface area contributed by atoms with Crippen LogP contribution in [-0.2, 0) is 0 Å². The molecule has 0 saturated carbocycles. The van der Waals surface area contributed by atoms with Crippen molar-refractivity contribution in [2.45, 2.75) is 12.5 Å². The van der Waals surface area contributed by atoms with Gasteiger partial charge in [0.05, 0.1) is 19.8 Å². The van der Waals surface area contributed by atoms with Gasteiger partial charge in [-0.15, -0.1) is 0 Å². The summed E-state index contributed by atoms with van der Waals surface area (Å²) in [4.78, 5) is 2.27. The summed E-state index contributed by atoms with van der Waals surface area (Å²) in [5.74, 6) is 0.740. The molecule has 1 aromatic rings. The molecule has 1 heterocycles. The van der Waals surface area contributed by atoms with Crippen LogP contribution in [-0.4, -0.2) is 49.9 Å². The molecule has 0 aromatic heterocycles. The molecule has 2 N–H and O–H groups in total. The van der Waals surface area contributed by atoms with Crippen molar-refractivity contribution in [3.05, 3.63) is 28.8 Å². The molecular formula is C14H21ClN2O2. The molecule has 0 spiro atoms. The zero-order valence-corrected chi connectivity index (χ0v) is 12.0. The third kappa shape index (κ3) is 3.39. The van der Waals surface area contributed by atoms with E-state index in [1.54, 1.807) is 7.11 Å². The molecule has 1 aromatic carbocycles. The number of hydrogen-bond acceptors (Lipinski definition) is 4. The fourth-order valence-corrected chi connectivity index (χ4v) is 2.88. The lowest BCUT2D eigenvalue weighted by Crippen LogP contribution is -2.34. The minimum absolute atomic E-state index is 0.0418. The fourth-order valence-electron chi connectivity index (χ4n) is 2.59. The summed E-state index contributed by atoms with van der Waals surface area (Å²) in [6.45, 7) is 3.85. The molecule has 2 rings (SSSR count). The molecule has 0 bridgehead atoms. The minimum atomic E-state index is -0.108. The minimum Gasteiger partial charge on any atom is -0.496 e. The standard InChI is InChI=1S/C14H21ClN2O2/c1-19-13-5-2-4-11(15)14(13)12(10-18)17-8-3-6-16-7-9-17/h2,4-5,12,16,18H,3,6-10H2,1H3. The number of hydrogen-bond donors (Lipinski definition) is 2. The molecule has 5 heteroatoms. The Morgan fingerprint density at radius 1 is 1.42 bits per heavy atom. The van der Waals surface area contributed by atoms with E-state index in [0.717, 1.165) is 43.9 Å². The monoisotopic (exact) mass is 284 g/mol.